The van der Waals surface area contributed by atoms with Crippen LogP contribution >= 0.6 is 0 Å². The molecular weight excluding hydrogens is 257 g/mol. The number of hydrogen-bond acceptors (Lipinski definition) is 3. The molecule has 0 unspecified atom stereocenters. The number of nitrogens with one attached hydrogen (secondary N) is 1. The number of rotatable bonds is 4. The van der Waals surface area contributed by atoms with Crippen molar-refractivity contribution in [1.82, 2.24) is 0 Å². The van der Waals surface area contributed by atoms with Crippen LogP contribution in [0.25, 0.3) is 0 Å². The fourth-order valence-electron chi connectivity index (χ4n) is 1.15. The monoisotopic (exact) mass is 271 g/mol. The van der Waals surface area contributed by atoms with Crippen LogP contribution in [0.2, 0.25) is 0 Å². The van der Waals surface area contributed by atoms with Gasteiger partial charge >= 0.3 is 0 Å². The summed E-state index contributed by atoms with van der Waals surface area (Å²) >= 11 is 0. The maximum absolute atomic E-state index is 13.6. The molecule has 0 fully saturated rings. The molecule has 0 amide bonds. The van der Waals surface area contributed by atoms with E-state index in [9.17, 15) is 12.8 Å². The van der Waals surface area contributed by atoms with Crippen LogP contribution in [-0.2, 0) is 10.0 Å². The Balaban J connectivity index is 2.90. The molecule has 2 N–H and O–H groups in total. The standard InChI is InChI=1S/C12H14FNO3S/c1-2-18(16,17)14-11-7-6-10(12(13)9-11)5-3-4-8-15/h6-7,9,14-15H,2,4,8H2,1H3. The molecule has 18 heavy (non-hydrogen) atoms. The minimum atomic E-state index is -3.41. The molecule has 4 nitrogen and oxygen atoms in total. The van der Waals surface area contributed by atoms with Crippen molar-refractivity contribution in [3.8, 4) is 11.8 Å². The van der Waals surface area contributed by atoms with Crippen molar-refractivity contribution in [3.63, 3.8) is 0 Å². The fourth-order valence-corrected chi connectivity index (χ4v) is 1.78. The van der Waals surface area contributed by atoms with Crippen molar-refractivity contribution in [2.45, 2.75) is 13.3 Å². The zero-order chi connectivity index (χ0) is 13.6. The molecule has 98 valence electrons. The van der Waals surface area contributed by atoms with Gasteiger partial charge in [0.2, 0.25) is 10.0 Å². The maximum atomic E-state index is 13.6. The van der Waals surface area contributed by atoms with E-state index >= 15 is 0 Å². The number of hydrogen-bond donors (Lipinski definition) is 2. The molecule has 0 aliphatic rings. The molecule has 1 aromatic carbocycles. The molecule has 0 spiro atoms. The molecular formula is C12H14FNO3S. The van der Waals surface area contributed by atoms with E-state index in [0.29, 0.717) is 0 Å². The molecule has 1 aromatic rings. The lowest BCUT2D eigenvalue weighted by Gasteiger charge is -2.06. The minimum absolute atomic E-state index is 0.0767. The van der Waals surface area contributed by atoms with E-state index in [2.05, 4.69) is 16.6 Å². The van der Waals surface area contributed by atoms with E-state index in [4.69, 9.17) is 5.11 Å². The Morgan fingerprint density at radius 1 is 1.44 bits per heavy atom. The number of aliphatic hydroxyl groups excluding tert-OH is 1. The number of sulfonamides is 1. The Morgan fingerprint density at radius 3 is 2.72 bits per heavy atom. The van der Waals surface area contributed by atoms with E-state index in [1.54, 1.807) is 0 Å². The van der Waals surface area contributed by atoms with E-state index in [0.717, 1.165) is 6.07 Å². The number of halogens is 1. The summed E-state index contributed by atoms with van der Waals surface area (Å²) in [4.78, 5) is 0. The van der Waals surface area contributed by atoms with Crippen molar-refractivity contribution >= 4 is 15.7 Å². The third-order valence-corrected chi connectivity index (χ3v) is 3.39. The number of anilines is 1. The van der Waals surface area contributed by atoms with E-state index in [-0.39, 0.29) is 30.0 Å². The average Bonchev–Trinajstić information content (AvgIpc) is 2.32. The Kier molecular flexibility index (Phi) is 5.13. The fraction of sp³-hybridized carbons (Fsp3) is 0.333. The summed E-state index contributed by atoms with van der Waals surface area (Å²) < 4.78 is 38.4. The van der Waals surface area contributed by atoms with Gasteiger partial charge in [-0.25, -0.2) is 12.8 Å². The van der Waals surface area contributed by atoms with Gasteiger partial charge in [0, 0.05) is 6.42 Å². The summed E-state index contributed by atoms with van der Waals surface area (Å²) in [6, 6.07) is 3.92. The molecule has 0 saturated carbocycles. The highest BCUT2D eigenvalue weighted by molar-refractivity contribution is 7.92. The van der Waals surface area contributed by atoms with Gasteiger partial charge in [0.15, 0.2) is 0 Å². The zero-order valence-corrected chi connectivity index (χ0v) is 10.7. The first-order valence-electron chi connectivity index (χ1n) is 5.38. The first kappa shape index (κ1) is 14.5. The molecule has 1 rings (SSSR count). The van der Waals surface area contributed by atoms with Crippen LogP contribution in [0.3, 0.4) is 0 Å². The lowest BCUT2D eigenvalue weighted by atomic mass is 10.2. The zero-order valence-electron chi connectivity index (χ0n) is 9.90. The summed E-state index contributed by atoms with van der Waals surface area (Å²) in [6.07, 6.45) is 0.268. The van der Waals surface area contributed by atoms with Crippen molar-refractivity contribution in [2.75, 3.05) is 17.1 Å². The first-order chi connectivity index (χ1) is 8.48. The van der Waals surface area contributed by atoms with Crippen molar-refractivity contribution in [1.29, 1.82) is 0 Å². The summed E-state index contributed by atoms with van der Waals surface area (Å²) in [6.45, 7) is 1.41. The predicted molar refractivity (Wildman–Crippen MR) is 68.1 cm³/mol. The molecule has 6 heteroatoms. The van der Waals surface area contributed by atoms with Crippen molar-refractivity contribution in [3.05, 3.63) is 29.6 Å². The van der Waals surface area contributed by atoms with Gasteiger partial charge in [0.25, 0.3) is 0 Å². The second-order valence-corrected chi connectivity index (χ2v) is 5.49. The number of benzene rings is 1. The first-order valence-corrected chi connectivity index (χ1v) is 7.03. The molecule has 0 atom stereocenters. The van der Waals surface area contributed by atoms with E-state index in [1.165, 1.54) is 19.1 Å². The van der Waals surface area contributed by atoms with Crippen LogP contribution in [0.4, 0.5) is 10.1 Å². The highest BCUT2D eigenvalue weighted by Crippen LogP contribution is 2.15. The highest BCUT2D eigenvalue weighted by Gasteiger charge is 2.08. The summed E-state index contributed by atoms with van der Waals surface area (Å²) in [5.74, 6) is 4.47. The van der Waals surface area contributed by atoms with E-state index in [1.807, 2.05) is 0 Å². The Bertz CT molecular complexity index is 573. The molecule has 0 heterocycles. The molecule has 0 radical (unpaired) electrons. The van der Waals surface area contributed by atoms with Gasteiger partial charge in [-0.2, -0.15) is 0 Å². The van der Waals surface area contributed by atoms with Gasteiger partial charge in [-0.3, -0.25) is 4.72 Å². The highest BCUT2D eigenvalue weighted by atomic mass is 32.2. The van der Waals surface area contributed by atoms with Gasteiger partial charge in [-0.05, 0) is 25.1 Å². The predicted octanol–water partition coefficient (Wildman–Crippen LogP) is 1.32. The Morgan fingerprint density at radius 2 is 2.17 bits per heavy atom. The Labute approximate surface area is 106 Å². The second kappa shape index (κ2) is 6.38. The second-order valence-electron chi connectivity index (χ2n) is 3.48. The SMILES string of the molecule is CCS(=O)(=O)Nc1ccc(C#CCCO)c(F)c1. The van der Waals surface area contributed by atoms with Crippen molar-refractivity contribution < 1.29 is 17.9 Å². The van der Waals surface area contributed by atoms with Crippen LogP contribution < -0.4 is 4.72 Å². The van der Waals surface area contributed by atoms with Crippen LogP contribution in [0.5, 0.6) is 0 Å². The quantitative estimate of drug-likeness (QED) is 0.812. The molecule has 0 aromatic heterocycles. The smallest absolute Gasteiger partial charge is 0.232 e. The molecule has 0 aliphatic carbocycles. The third kappa shape index (κ3) is 4.35. The Hall–Kier alpha value is -1.58. The van der Waals surface area contributed by atoms with Gasteiger partial charge in [0.05, 0.1) is 23.6 Å². The molecule has 0 aliphatic heterocycles. The van der Waals surface area contributed by atoms with Gasteiger partial charge in [-0.1, -0.05) is 11.8 Å². The van der Waals surface area contributed by atoms with Gasteiger partial charge in [0.1, 0.15) is 5.82 Å². The lowest BCUT2D eigenvalue weighted by molar-refractivity contribution is 0.305. The van der Waals surface area contributed by atoms with Crippen LogP contribution in [0.1, 0.15) is 18.9 Å². The minimum Gasteiger partial charge on any atom is -0.395 e. The van der Waals surface area contributed by atoms with Gasteiger partial charge < -0.3 is 5.11 Å². The number of aliphatic hydroxyl groups is 1. The lowest BCUT2D eigenvalue weighted by Crippen LogP contribution is -2.14. The normalized spacial score (nSPS) is 10.6. The third-order valence-electron chi connectivity index (χ3n) is 2.08. The topological polar surface area (TPSA) is 66.4 Å². The molecule has 0 bridgehead atoms. The van der Waals surface area contributed by atoms with Crippen LogP contribution in [0.15, 0.2) is 18.2 Å². The maximum Gasteiger partial charge on any atom is 0.232 e. The van der Waals surface area contributed by atoms with Crippen LogP contribution in [-0.4, -0.2) is 25.9 Å². The molecule has 0 saturated heterocycles. The van der Waals surface area contributed by atoms with E-state index < -0.39 is 15.8 Å². The average molecular weight is 271 g/mol. The summed E-state index contributed by atoms with van der Waals surface area (Å²) in [5, 5.41) is 8.54. The van der Waals surface area contributed by atoms with Crippen LogP contribution in [0, 0.1) is 17.7 Å². The summed E-state index contributed by atoms with van der Waals surface area (Å²) in [7, 11) is -3.41. The van der Waals surface area contributed by atoms with Gasteiger partial charge in [-0.15, -0.1) is 0 Å². The largest absolute Gasteiger partial charge is 0.395 e. The summed E-state index contributed by atoms with van der Waals surface area (Å²) in [5.41, 5.74) is 0.338. The van der Waals surface area contributed by atoms with Crippen molar-refractivity contribution in [2.24, 2.45) is 0 Å².